The van der Waals surface area contributed by atoms with Gasteiger partial charge < -0.3 is 5.32 Å². The first-order valence-corrected chi connectivity index (χ1v) is 6.05. The molecule has 0 unspecified atom stereocenters. The van der Waals surface area contributed by atoms with E-state index in [2.05, 4.69) is 10.4 Å². The zero-order valence-corrected chi connectivity index (χ0v) is 11.2. The number of aromatic nitrogens is 2. The number of benzene rings is 1. The van der Waals surface area contributed by atoms with E-state index in [1.54, 1.807) is 19.1 Å². The van der Waals surface area contributed by atoms with Crippen LogP contribution in [-0.2, 0) is 13.6 Å². The predicted molar refractivity (Wildman–Crippen MR) is 71.8 cm³/mol. The van der Waals surface area contributed by atoms with Gasteiger partial charge in [0.15, 0.2) is 0 Å². The van der Waals surface area contributed by atoms with Crippen molar-refractivity contribution < 1.29 is 9.18 Å². The molecule has 2 rings (SSSR count). The van der Waals surface area contributed by atoms with E-state index >= 15 is 0 Å². The molecule has 0 saturated heterocycles. The van der Waals surface area contributed by atoms with Gasteiger partial charge in [-0.15, -0.1) is 0 Å². The van der Waals surface area contributed by atoms with Gasteiger partial charge >= 0.3 is 0 Å². The molecular weight excluding hydrogens is 261 g/mol. The van der Waals surface area contributed by atoms with Crippen molar-refractivity contribution in [3.8, 4) is 0 Å². The Hall–Kier alpha value is -2.50. The summed E-state index contributed by atoms with van der Waals surface area (Å²) < 4.78 is 14.4. The number of carbonyl (C=O) groups excluding carboxylic acids is 1. The van der Waals surface area contributed by atoms with Crippen molar-refractivity contribution in [2.24, 2.45) is 7.05 Å². The van der Waals surface area contributed by atoms with Gasteiger partial charge in [0, 0.05) is 19.7 Å². The topological polar surface area (TPSA) is 64.0 Å². The van der Waals surface area contributed by atoms with Crippen molar-refractivity contribution in [2.75, 3.05) is 0 Å². The molecule has 0 spiro atoms. The summed E-state index contributed by atoms with van der Waals surface area (Å²) in [5, 5.41) is 6.46. The third-order valence-corrected chi connectivity index (χ3v) is 2.88. The maximum atomic E-state index is 13.4. The zero-order valence-electron chi connectivity index (χ0n) is 11.2. The Morgan fingerprint density at radius 3 is 2.75 bits per heavy atom. The molecule has 1 heterocycles. The Labute approximate surface area is 115 Å². The minimum Gasteiger partial charge on any atom is -0.347 e. The largest absolute Gasteiger partial charge is 0.347 e. The summed E-state index contributed by atoms with van der Waals surface area (Å²) >= 11 is 0. The van der Waals surface area contributed by atoms with Crippen LogP contribution in [0.4, 0.5) is 4.39 Å². The molecule has 5 nitrogen and oxygen atoms in total. The van der Waals surface area contributed by atoms with Crippen LogP contribution in [0.2, 0.25) is 0 Å². The van der Waals surface area contributed by atoms with E-state index < -0.39 is 5.91 Å². The minimum absolute atomic E-state index is 0.139. The van der Waals surface area contributed by atoms with Crippen LogP contribution in [0.5, 0.6) is 0 Å². The van der Waals surface area contributed by atoms with Gasteiger partial charge in [0.05, 0.1) is 0 Å². The molecule has 0 atom stereocenters. The van der Waals surface area contributed by atoms with Crippen LogP contribution in [-0.4, -0.2) is 15.7 Å². The molecule has 0 bridgehead atoms. The average Bonchev–Trinajstić information content (AvgIpc) is 2.43. The molecule has 0 aliphatic rings. The third kappa shape index (κ3) is 3.09. The predicted octanol–water partition coefficient (Wildman–Crippen LogP) is 1.16. The number of carbonyl (C=O) groups is 1. The van der Waals surface area contributed by atoms with Gasteiger partial charge in [0.1, 0.15) is 11.5 Å². The van der Waals surface area contributed by atoms with Crippen LogP contribution in [0.25, 0.3) is 0 Å². The molecular formula is C14H14FN3O2. The van der Waals surface area contributed by atoms with E-state index in [4.69, 9.17) is 0 Å². The summed E-state index contributed by atoms with van der Waals surface area (Å²) in [6.45, 7) is 1.87. The molecule has 6 heteroatoms. The third-order valence-electron chi connectivity index (χ3n) is 2.88. The van der Waals surface area contributed by atoms with Crippen LogP contribution in [0.1, 0.15) is 21.6 Å². The smallest absolute Gasteiger partial charge is 0.271 e. The fourth-order valence-corrected chi connectivity index (χ4v) is 1.64. The second-order valence-corrected chi connectivity index (χ2v) is 4.45. The van der Waals surface area contributed by atoms with Crippen LogP contribution in [0, 0.1) is 12.7 Å². The standard InChI is InChI=1S/C14H14FN3O2/c1-9-3-4-10(7-11(9)15)8-16-14(20)12-5-6-13(19)18(2)17-12/h3-7H,8H2,1-2H3,(H,16,20). The fourth-order valence-electron chi connectivity index (χ4n) is 1.64. The van der Waals surface area contributed by atoms with Crippen molar-refractivity contribution in [1.82, 2.24) is 15.1 Å². The van der Waals surface area contributed by atoms with Gasteiger partial charge in [-0.1, -0.05) is 12.1 Å². The van der Waals surface area contributed by atoms with Gasteiger partial charge in [0.2, 0.25) is 0 Å². The van der Waals surface area contributed by atoms with E-state index in [1.807, 2.05) is 0 Å². The Balaban J connectivity index is 2.06. The molecule has 104 valence electrons. The molecule has 0 aliphatic heterocycles. The normalized spacial score (nSPS) is 10.3. The van der Waals surface area contributed by atoms with E-state index in [9.17, 15) is 14.0 Å². The van der Waals surface area contributed by atoms with E-state index in [0.29, 0.717) is 11.1 Å². The summed E-state index contributed by atoms with van der Waals surface area (Å²) in [6.07, 6.45) is 0. The van der Waals surface area contributed by atoms with Gasteiger partial charge in [-0.05, 0) is 30.2 Å². The maximum absolute atomic E-state index is 13.4. The average molecular weight is 275 g/mol. The lowest BCUT2D eigenvalue weighted by molar-refractivity contribution is 0.0943. The van der Waals surface area contributed by atoms with Gasteiger partial charge in [0.25, 0.3) is 11.5 Å². The van der Waals surface area contributed by atoms with Gasteiger partial charge in [-0.3, -0.25) is 9.59 Å². The zero-order chi connectivity index (χ0) is 14.7. The first-order valence-electron chi connectivity index (χ1n) is 6.05. The second kappa shape index (κ2) is 5.64. The summed E-state index contributed by atoms with van der Waals surface area (Å²) in [6, 6.07) is 7.40. The van der Waals surface area contributed by atoms with Gasteiger partial charge in [-0.2, -0.15) is 5.10 Å². The van der Waals surface area contributed by atoms with Crippen molar-refractivity contribution >= 4 is 5.91 Å². The molecule has 0 fully saturated rings. The van der Waals surface area contributed by atoms with Crippen LogP contribution in [0.15, 0.2) is 35.1 Å². The Morgan fingerprint density at radius 1 is 1.35 bits per heavy atom. The molecule has 1 aromatic carbocycles. The Kier molecular flexibility index (Phi) is 3.93. The molecule has 20 heavy (non-hydrogen) atoms. The van der Waals surface area contributed by atoms with Crippen LogP contribution in [0.3, 0.4) is 0 Å². The SMILES string of the molecule is Cc1ccc(CNC(=O)c2ccc(=O)n(C)n2)cc1F. The number of nitrogens with one attached hydrogen (secondary N) is 1. The Morgan fingerprint density at radius 2 is 2.10 bits per heavy atom. The lowest BCUT2D eigenvalue weighted by atomic mass is 10.1. The van der Waals surface area contributed by atoms with E-state index in [1.165, 1.54) is 25.2 Å². The van der Waals surface area contributed by atoms with E-state index in [0.717, 1.165) is 4.68 Å². The summed E-state index contributed by atoms with van der Waals surface area (Å²) in [5.74, 6) is -0.724. The lowest BCUT2D eigenvalue weighted by Crippen LogP contribution is -2.28. The number of amides is 1. The molecule has 1 aromatic heterocycles. The van der Waals surface area contributed by atoms with Crippen molar-refractivity contribution in [2.45, 2.75) is 13.5 Å². The van der Waals surface area contributed by atoms with E-state index in [-0.39, 0.29) is 23.6 Å². The van der Waals surface area contributed by atoms with Crippen molar-refractivity contribution in [1.29, 1.82) is 0 Å². The fraction of sp³-hybridized carbons (Fsp3) is 0.214. The highest BCUT2D eigenvalue weighted by molar-refractivity contribution is 5.91. The summed E-state index contributed by atoms with van der Waals surface area (Å²) in [5.41, 5.74) is 1.06. The molecule has 1 amide bonds. The number of hydrogen-bond donors (Lipinski definition) is 1. The van der Waals surface area contributed by atoms with Crippen molar-refractivity contribution in [3.05, 3.63) is 63.3 Å². The molecule has 0 radical (unpaired) electrons. The highest BCUT2D eigenvalue weighted by Crippen LogP contribution is 2.09. The molecule has 0 aliphatic carbocycles. The highest BCUT2D eigenvalue weighted by Gasteiger charge is 2.08. The number of halogens is 1. The number of rotatable bonds is 3. The first-order chi connectivity index (χ1) is 9.47. The summed E-state index contributed by atoms with van der Waals surface area (Å²) in [7, 11) is 1.47. The summed E-state index contributed by atoms with van der Waals surface area (Å²) in [4.78, 5) is 23.0. The number of hydrogen-bond acceptors (Lipinski definition) is 3. The van der Waals surface area contributed by atoms with Crippen LogP contribution >= 0.6 is 0 Å². The minimum atomic E-state index is -0.415. The first kappa shape index (κ1) is 13.9. The Bertz CT molecular complexity index is 710. The molecule has 0 saturated carbocycles. The lowest BCUT2D eigenvalue weighted by Gasteiger charge is -2.06. The monoisotopic (exact) mass is 275 g/mol. The van der Waals surface area contributed by atoms with Crippen LogP contribution < -0.4 is 10.9 Å². The number of aryl methyl sites for hydroxylation is 2. The van der Waals surface area contributed by atoms with Crippen molar-refractivity contribution in [3.63, 3.8) is 0 Å². The molecule has 1 N–H and O–H groups in total. The second-order valence-electron chi connectivity index (χ2n) is 4.45. The maximum Gasteiger partial charge on any atom is 0.271 e. The quantitative estimate of drug-likeness (QED) is 0.914. The molecule has 2 aromatic rings. The highest BCUT2D eigenvalue weighted by atomic mass is 19.1. The van der Waals surface area contributed by atoms with Gasteiger partial charge in [-0.25, -0.2) is 9.07 Å². The number of nitrogens with zero attached hydrogens (tertiary/aromatic N) is 2.